The summed E-state index contributed by atoms with van der Waals surface area (Å²) in [4.78, 5) is 0.934. The Morgan fingerprint density at radius 2 is 2.20 bits per heavy atom. The Balaban J connectivity index is 1.70. The van der Waals surface area contributed by atoms with Crippen molar-refractivity contribution in [3.05, 3.63) is 52.1 Å². The molecule has 0 aliphatic carbocycles. The van der Waals surface area contributed by atoms with Crippen molar-refractivity contribution in [2.75, 3.05) is 0 Å². The molecular formula is C13H8ClFN2OS2. The van der Waals surface area contributed by atoms with Crippen LogP contribution in [0.1, 0.15) is 5.56 Å². The van der Waals surface area contributed by atoms with E-state index in [-0.39, 0.29) is 5.82 Å². The molecule has 0 bridgehead atoms. The lowest BCUT2D eigenvalue weighted by atomic mass is 10.2. The predicted octanol–water partition coefficient (Wildman–Crippen LogP) is 4.88. The predicted molar refractivity (Wildman–Crippen MR) is 78.6 cm³/mol. The highest BCUT2D eigenvalue weighted by Gasteiger charge is 2.11. The number of benzene rings is 1. The Morgan fingerprint density at radius 1 is 1.30 bits per heavy atom. The third-order valence-electron chi connectivity index (χ3n) is 2.50. The van der Waals surface area contributed by atoms with Gasteiger partial charge in [0, 0.05) is 10.8 Å². The van der Waals surface area contributed by atoms with Crippen LogP contribution in [0.3, 0.4) is 0 Å². The van der Waals surface area contributed by atoms with Crippen molar-refractivity contribution >= 4 is 34.7 Å². The van der Waals surface area contributed by atoms with Crippen LogP contribution in [0.25, 0.3) is 10.8 Å². The van der Waals surface area contributed by atoms with Crippen LogP contribution in [-0.2, 0) is 5.75 Å². The topological polar surface area (TPSA) is 38.9 Å². The molecule has 0 aliphatic heterocycles. The van der Waals surface area contributed by atoms with Crippen LogP contribution < -0.4 is 0 Å². The van der Waals surface area contributed by atoms with Gasteiger partial charge in [0.2, 0.25) is 0 Å². The molecule has 102 valence electrons. The second-order valence-electron chi connectivity index (χ2n) is 3.87. The van der Waals surface area contributed by atoms with E-state index in [2.05, 4.69) is 10.2 Å². The molecule has 0 fully saturated rings. The van der Waals surface area contributed by atoms with Crippen LogP contribution in [0.15, 0.2) is 45.4 Å². The molecule has 0 radical (unpaired) electrons. The summed E-state index contributed by atoms with van der Waals surface area (Å²) in [6.07, 6.45) is 0. The van der Waals surface area contributed by atoms with Crippen molar-refractivity contribution in [1.29, 1.82) is 0 Å². The number of thiophene rings is 1. The molecule has 0 unspecified atom stereocenters. The molecule has 0 saturated carbocycles. The lowest BCUT2D eigenvalue weighted by molar-refractivity contribution is 0.466. The molecule has 1 aromatic carbocycles. The van der Waals surface area contributed by atoms with Crippen LogP contribution in [0.2, 0.25) is 5.02 Å². The molecule has 3 aromatic rings. The van der Waals surface area contributed by atoms with Gasteiger partial charge in [0.05, 0.1) is 4.88 Å². The Kier molecular flexibility index (Phi) is 4.05. The Hall–Kier alpha value is -1.37. The highest BCUT2D eigenvalue weighted by atomic mass is 35.5. The van der Waals surface area contributed by atoms with E-state index in [9.17, 15) is 4.39 Å². The second kappa shape index (κ2) is 5.95. The van der Waals surface area contributed by atoms with Crippen molar-refractivity contribution in [3.8, 4) is 10.8 Å². The summed E-state index contributed by atoms with van der Waals surface area (Å²) in [6.45, 7) is 0. The summed E-state index contributed by atoms with van der Waals surface area (Å²) in [6, 6.07) is 8.18. The quantitative estimate of drug-likeness (QED) is 0.640. The first kappa shape index (κ1) is 13.6. The highest BCUT2D eigenvalue weighted by Crippen LogP contribution is 2.29. The Morgan fingerprint density at radius 3 is 2.95 bits per heavy atom. The van der Waals surface area contributed by atoms with Gasteiger partial charge in [0.25, 0.3) is 11.1 Å². The van der Waals surface area contributed by atoms with Gasteiger partial charge in [0.15, 0.2) is 0 Å². The van der Waals surface area contributed by atoms with E-state index < -0.39 is 0 Å². The van der Waals surface area contributed by atoms with Crippen LogP contribution in [0.5, 0.6) is 0 Å². The van der Waals surface area contributed by atoms with Crippen molar-refractivity contribution in [1.82, 2.24) is 10.2 Å². The molecule has 20 heavy (non-hydrogen) atoms. The van der Waals surface area contributed by atoms with Crippen molar-refractivity contribution < 1.29 is 8.81 Å². The standard InChI is InChI=1S/C13H8ClFN2OS2/c14-10-6-9(15)4-3-8(10)7-20-13-17-16-12(18-13)11-2-1-5-19-11/h1-6H,7H2. The van der Waals surface area contributed by atoms with Gasteiger partial charge in [-0.05, 0) is 29.1 Å². The number of hydrogen-bond acceptors (Lipinski definition) is 5. The zero-order chi connectivity index (χ0) is 13.9. The van der Waals surface area contributed by atoms with E-state index in [0.717, 1.165) is 10.4 Å². The largest absolute Gasteiger partial charge is 0.410 e. The fourth-order valence-electron chi connectivity index (χ4n) is 1.55. The normalized spacial score (nSPS) is 10.9. The molecule has 2 heterocycles. The smallest absolute Gasteiger partial charge is 0.277 e. The summed E-state index contributed by atoms with van der Waals surface area (Å²) >= 11 is 8.87. The number of nitrogens with zero attached hydrogens (tertiary/aromatic N) is 2. The maximum atomic E-state index is 12.9. The van der Waals surface area contributed by atoms with Gasteiger partial charge in [0.1, 0.15) is 5.82 Å². The lowest BCUT2D eigenvalue weighted by Gasteiger charge is -2.01. The van der Waals surface area contributed by atoms with E-state index in [1.807, 2.05) is 17.5 Å². The van der Waals surface area contributed by atoms with Gasteiger partial charge in [-0.25, -0.2) is 4.39 Å². The van der Waals surface area contributed by atoms with Gasteiger partial charge in [-0.2, -0.15) is 0 Å². The summed E-state index contributed by atoms with van der Waals surface area (Å²) < 4.78 is 18.5. The van der Waals surface area contributed by atoms with Crippen molar-refractivity contribution in [2.45, 2.75) is 11.0 Å². The highest BCUT2D eigenvalue weighted by molar-refractivity contribution is 7.98. The van der Waals surface area contributed by atoms with E-state index in [0.29, 0.717) is 21.9 Å². The first-order chi connectivity index (χ1) is 9.72. The summed E-state index contributed by atoms with van der Waals surface area (Å²) in [5.74, 6) is 0.708. The molecular weight excluding hydrogens is 319 g/mol. The first-order valence-electron chi connectivity index (χ1n) is 5.66. The molecule has 2 aromatic heterocycles. The molecule has 0 saturated heterocycles. The van der Waals surface area contributed by atoms with Gasteiger partial charge in [-0.3, -0.25) is 0 Å². The van der Waals surface area contributed by atoms with Crippen LogP contribution >= 0.6 is 34.7 Å². The van der Waals surface area contributed by atoms with Crippen LogP contribution in [-0.4, -0.2) is 10.2 Å². The zero-order valence-electron chi connectivity index (χ0n) is 10.0. The first-order valence-corrected chi connectivity index (χ1v) is 7.91. The molecule has 0 spiro atoms. The minimum atomic E-state index is -0.346. The number of aromatic nitrogens is 2. The van der Waals surface area contributed by atoms with Crippen LogP contribution in [0.4, 0.5) is 4.39 Å². The maximum Gasteiger partial charge on any atom is 0.277 e. The van der Waals surface area contributed by atoms with Crippen molar-refractivity contribution in [3.63, 3.8) is 0 Å². The number of thioether (sulfide) groups is 1. The summed E-state index contributed by atoms with van der Waals surface area (Å²) in [5, 5.41) is 10.8. The van der Waals surface area contributed by atoms with E-state index in [1.165, 1.54) is 35.2 Å². The van der Waals surface area contributed by atoms with Crippen molar-refractivity contribution in [2.24, 2.45) is 0 Å². The molecule has 7 heteroatoms. The minimum Gasteiger partial charge on any atom is -0.410 e. The van der Waals surface area contributed by atoms with Gasteiger partial charge < -0.3 is 4.42 Å². The van der Waals surface area contributed by atoms with Crippen LogP contribution in [0, 0.1) is 5.82 Å². The lowest BCUT2D eigenvalue weighted by Crippen LogP contribution is -1.84. The molecule has 0 amide bonds. The van der Waals surface area contributed by atoms with Gasteiger partial charge in [-0.1, -0.05) is 35.5 Å². The van der Waals surface area contributed by atoms with Gasteiger partial charge >= 0.3 is 0 Å². The number of rotatable bonds is 4. The fourth-order valence-corrected chi connectivity index (χ4v) is 3.27. The monoisotopic (exact) mass is 326 g/mol. The molecule has 0 N–H and O–H groups in total. The molecule has 3 rings (SSSR count). The number of hydrogen-bond donors (Lipinski definition) is 0. The SMILES string of the molecule is Fc1ccc(CSc2nnc(-c3cccs3)o2)c(Cl)c1. The summed E-state index contributed by atoms with van der Waals surface area (Å²) in [7, 11) is 0. The number of halogens is 2. The molecule has 0 aliphatic rings. The zero-order valence-corrected chi connectivity index (χ0v) is 12.4. The molecule has 3 nitrogen and oxygen atoms in total. The average Bonchev–Trinajstić information content (AvgIpc) is 3.08. The molecule has 0 atom stereocenters. The summed E-state index contributed by atoms with van der Waals surface area (Å²) in [5.41, 5.74) is 0.828. The van der Waals surface area contributed by atoms with Gasteiger partial charge in [-0.15, -0.1) is 21.5 Å². The van der Waals surface area contributed by atoms with E-state index >= 15 is 0 Å². The fraction of sp³-hybridized carbons (Fsp3) is 0.0769. The second-order valence-corrected chi connectivity index (χ2v) is 6.16. The Labute approximate surface area is 127 Å². The maximum absolute atomic E-state index is 12.9. The third kappa shape index (κ3) is 3.03. The minimum absolute atomic E-state index is 0.346. The Bertz CT molecular complexity index is 715. The van der Waals surface area contributed by atoms with E-state index in [4.69, 9.17) is 16.0 Å². The average molecular weight is 327 g/mol. The third-order valence-corrected chi connectivity index (χ3v) is 4.58. The van der Waals surface area contributed by atoms with E-state index in [1.54, 1.807) is 6.07 Å².